The van der Waals surface area contributed by atoms with Crippen LogP contribution in [0.1, 0.15) is 37.0 Å². The smallest absolute Gasteiger partial charge is 0.259 e. The van der Waals surface area contributed by atoms with Gasteiger partial charge in [0.1, 0.15) is 5.75 Å². The van der Waals surface area contributed by atoms with Crippen LogP contribution in [0.3, 0.4) is 0 Å². The first kappa shape index (κ1) is 21.4. The van der Waals surface area contributed by atoms with Crippen molar-refractivity contribution in [2.75, 3.05) is 17.9 Å². The second kappa shape index (κ2) is 11.1. The number of hydrogen-bond acceptors (Lipinski definition) is 3. The Balaban J connectivity index is 1.80. The van der Waals surface area contributed by atoms with Crippen LogP contribution in [0.25, 0.3) is 0 Å². The fourth-order valence-corrected chi connectivity index (χ4v) is 3.30. The van der Waals surface area contributed by atoms with Gasteiger partial charge in [0.05, 0.1) is 18.9 Å². The third kappa shape index (κ3) is 7.33. The number of anilines is 1. The number of aryl methyl sites for hydroxylation is 1. The topological polar surface area (TPSA) is 67.8 Å². The Morgan fingerprint density at radius 1 is 1.22 bits per heavy atom. The molecule has 0 bridgehead atoms. The first-order chi connectivity index (χ1) is 13.0. The van der Waals surface area contributed by atoms with Crippen molar-refractivity contribution < 1.29 is 18.2 Å². The van der Waals surface area contributed by atoms with Crippen molar-refractivity contribution in [3.63, 3.8) is 0 Å². The summed E-state index contributed by atoms with van der Waals surface area (Å²) in [5, 5.41) is 0. The van der Waals surface area contributed by atoms with Gasteiger partial charge in [0, 0.05) is 12.2 Å². The molecule has 0 saturated heterocycles. The minimum absolute atomic E-state index is 0.447. The summed E-state index contributed by atoms with van der Waals surface area (Å²) < 4.78 is 34.0. The van der Waals surface area contributed by atoms with Gasteiger partial charge in [-0.2, -0.15) is 0 Å². The monoisotopic (exact) mass is 391 g/mol. The summed E-state index contributed by atoms with van der Waals surface area (Å²) in [6, 6.07) is 13.9. The van der Waals surface area contributed by atoms with E-state index in [1.807, 2.05) is 50.2 Å². The van der Waals surface area contributed by atoms with E-state index in [2.05, 4.69) is 17.7 Å². The molecular formula is C21H29NO4S. The van der Waals surface area contributed by atoms with Gasteiger partial charge in [0.2, 0.25) is 0 Å². The van der Waals surface area contributed by atoms with E-state index in [0.717, 1.165) is 35.3 Å². The molecule has 5 nitrogen and oxygen atoms in total. The molecule has 2 aromatic rings. The molecular weight excluding hydrogens is 362 g/mol. The van der Waals surface area contributed by atoms with Crippen molar-refractivity contribution in [2.45, 2.75) is 40.2 Å². The van der Waals surface area contributed by atoms with Crippen molar-refractivity contribution in [3.8, 4) is 5.75 Å². The van der Waals surface area contributed by atoms with Crippen molar-refractivity contribution in [1.82, 2.24) is 0 Å². The van der Waals surface area contributed by atoms with Crippen molar-refractivity contribution in [3.05, 3.63) is 59.2 Å². The van der Waals surface area contributed by atoms with Crippen LogP contribution < -0.4 is 9.46 Å². The number of hydrogen-bond donors (Lipinski definition) is 2. The van der Waals surface area contributed by atoms with E-state index in [4.69, 9.17) is 14.0 Å². The van der Waals surface area contributed by atoms with Crippen LogP contribution in [0, 0.1) is 12.8 Å². The van der Waals surface area contributed by atoms with Gasteiger partial charge in [0.15, 0.2) is 0 Å². The van der Waals surface area contributed by atoms with E-state index >= 15 is 0 Å². The van der Waals surface area contributed by atoms with E-state index in [-0.39, 0.29) is 0 Å². The average Bonchev–Trinajstić information content (AvgIpc) is 2.63. The zero-order chi connectivity index (χ0) is 19.6. The molecule has 0 aromatic heterocycles. The van der Waals surface area contributed by atoms with Gasteiger partial charge in [-0.1, -0.05) is 37.3 Å². The van der Waals surface area contributed by atoms with Crippen LogP contribution in [0.5, 0.6) is 5.75 Å². The van der Waals surface area contributed by atoms with E-state index in [9.17, 15) is 4.21 Å². The van der Waals surface area contributed by atoms with Crippen molar-refractivity contribution in [2.24, 2.45) is 5.92 Å². The number of nitrogens with one attached hydrogen (secondary N) is 1. The summed E-state index contributed by atoms with van der Waals surface area (Å²) in [5.74, 6) is 1.33. The lowest BCUT2D eigenvalue weighted by molar-refractivity contribution is 0.107. The van der Waals surface area contributed by atoms with E-state index < -0.39 is 11.3 Å². The SMILES string of the molecule is CCOc1ccccc1COCC[C@H](C)Cc1ccc(C)c(NS(=O)O)c1. The number of para-hydroxylation sites is 1. The molecule has 0 aliphatic rings. The number of ether oxygens (including phenoxy) is 2. The molecule has 6 heteroatoms. The summed E-state index contributed by atoms with van der Waals surface area (Å²) in [4.78, 5) is 0. The molecule has 0 fully saturated rings. The lowest BCUT2D eigenvalue weighted by atomic mass is 9.97. The van der Waals surface area contributed by atoms with Crippen LogP contribution in [0.2, 0.25) is 0 Å². The fourth-order valence-electron chi connectivity index (χ4n) is 2.89. The second-order valence-corrected chi connectivity index (χ2v) is 7.39. The minimum atomic E-state index is -2.06. The van der Waals surface area contributed by atoms with Gasteiger partial charge in [-0.05, 0) is 55.9 Å². The highest BCUT2D eigenvalue weighted by Gasteiger charge is 2.08. The molecule has 0 heterocycles. The maximum Gasteiger partial charge on any atom is 0.259 e. The predicted octanol–water partition coefficient (Wildman–Crippen LogP) is 4.73. The molecule has 27 heavy (non-hydrogen) atoms. The standard InChI is InChI=1S/C21H29NO4S/c1-4-26-21-8-6-5-7-19(21)15-25-12-11-16(2)13-18-10-9-17(3)20(14-18)22-27(23)24/h5-10,14,16,22H,4,11-13,15H2,1-3H3,(H,23,24)/t16-/m0/s1. The first-order valence-electron chi connectivity index (χ1n) is 9.25. The van der Waals surface area contributed by atoms with Gasteiger partial charge >= 0.3 is 0 Å². The first-order valence-corrected chi connectivity index (χ1v) is 10.4. The van der Waals surface area contributed by atoms with Crippen LogP contribution >= 0.6 is 0 Å². The Bertz CT molecular complexity index is 751. The van der Waals surface area contributed by atoms with Gasteiger partial charge in [-0.3, -0.25) is 9.27 Å². The Morgan fingerprint density at radius 3 is 2.74 bits per heavy atom. The van der Waals surface area contributed by atoms with Crippen LogP contribution in [0.4, 0.5) is 5.69 Å². The van der Waals surface area contributed by atoms with Crippen molar-refractivity contribution in [1.29, 1.82) is 0 Å². The quantitative estimate of drug-likeness (QED) is 0.429. The van der Waals surface area contributed by atoms with Crippen LogP contribution in [-0.2, 0) is 29.0 Å². The fraction of sp³-hybridized carbons (Fsp3) is 0.429. The molecule has 0 radical (unpaired) electrons. The zero-order valence-electron chi connectivity index (χ0n) is 16.2. The maximum absolute atomic E-state index is 11.0. The lowest BCUT2D eigenvalue weighted by Gasteiger charge is -2.14. The number of rotatable bonds is 11. The minimum Gasteiger partial charge on any atom is -0.494 e. The molecule has 148 valence electrons. The largest absolute Gasteiger partial charge is 0.494 e. The predicted molar refractivity (Wildman–Crippen MR) is 110 cm³/mol. The molecule has 0 amide bonds. The second-order valence-electron chi connectivity index (χ2n) is 6.69. The third-order valence-electron chi connectivity index (χ3n) is 4.37. The van der Waals surface area contributed by atoms with Gasteiger partial charge in [-0.25, -0.2) is 4.21 Å². The zero-order valence-corrected chi connectivity index (χ0v) is 17.1. The van der Waals surface area contributed by atoms with E-state index in [0.29, 0.717) is 31.4 Å². The molecule has 2 N–H and O–H groups in total. The molecule has 2 rings (SSSR count). The summed E-state index contributed by atoms with van der Waals surface area (Å²) in [7, 11) is 0. The molecule has 2 atom stereocenters. The number of benzene rings is 2. The average molecular weight is 392 g/mol. The molecule has 0 spiro atoms. The highest BCUT2D eigenvalue weighted by molar-refractivity contribution is 7.80. The molecule has 0 saturated carbocycles. The maximum atomic E-state index is 11.0. The molecule has 1 unspecified atom stereocenters. The van der Waals surface area contributed by atoms with E-state index in [1.54, 1.807) is 0 Å². The van der Waals surface area contributed by atoms with Gasteiger partial charge in [0.25, 0.3) is 11.3 Å². The van der Waals surface area contributed by atoms with Crippen LogP contribution in [0.15, 0.2) is 42.5 Å². The van der Waals surface area contributed by atoms with Gasteiger partial charge in [-0.15, -0.1) is 0 Å². The lowest BCUT2D eigenvalue weighted by Crippen LogP contribution is -2.07. The molecule has 0 aliphatic heterocycles. The summed E-state index contributed by atoms with van der Waals surface area (Å²) in [6.45, 7) is 7.95. The Hall–Kier alpha value is -1.89. The van der Waals surface area contributed by atoms with E-state index in [1.165, 1.54) is 0 Å². The third-order valence-corrected chi connectivity index (χ3v) is 4.76. The summed E-state index contributed by atoms with van der Waals surface area (Å²) in [5.41, 5.74) is 3.86. The Kier molecular flexibility index (Phi) is 8.78. The van der Waals surface area contributed by atoms with Gasteiger partial charge < -0.3 is 9.47 Å². The molecule has 2 aromatic carbocycles. The summed E-state index contributed by atoms with van der Waals surface area (Å²) in [6.07, 6.45) is 1.84. The Morgan fingerprint density at radius 2 is 2.00 bits per heavy atom. The Labute approximate surface area is 164 Å². The summed E-state index contributed by atoms with van der Waals surface area (Å²) >= 11 is -2.06. The normalized spacial score (nSPS) is 13.2. The highest BCUT2D eigenvalue weighted by atomic mass is 32.2. The van der Waals surface area contributed by atoms with Crippen LogP contribution in [-0.4, -0.2) is 22.0 Å². The molecule has 0 aliphatic carbocycles. The van der Waals surface area contributed by atoms with Crippen molar-refractivity contribution >= 4 is 17.0 Å². The highest BCUT2D eigenvalue weighted by Crippen LogP contribution is 2.21.